The molecule has 0 saturated heterocycles. The molecule has 1 aliphatic rings. The fraction of sp³-hybridized carbons (Fsp3) is 0.458. The van der Waals surface area contributed by atoms with Gasteiger partial charge in [-0.3, -0.25) is 4.90 Å². The van der Waals surface area contributed by atoms with Gasteiger partial charge in [-0.1, -0.05) is 44.7 Å². The molecule has 0 spiro atoms. The molecule has 180 valence electrons. The number of carbonyl (C=O) groups excluding carboxylic acids is 1. The summed E-state index contributed by atoms with van der Waals surface area (Å²) in [6.45, 7) is 10.3. The van der Waals surface area contributed by atoms with Crippen LogP contribution in [-0.4, -0.2) is 57.4 Å². The van der Waals surface area contributed by atoms with Gasteiger partial charge in [0.1, 0.15) is 16.6 Å². The predicted octanol–water partition coefficient (Wildman–Crippen LogP) is 3.93. The highest BCUT2D eigenvalue weighted by Gasteiger charge is 2.36. The molecule has 0 bridgehead atoms. The van der Waals surface area contributed by atoms with Crippen LogP contribution in [0.1, 0.15) is 40.2 Å². The van der Waals surface area contributed by atoms with Crippen LogP contribution in [0.5, 0.6) is 5.75 Å². The second-order valence-electron chi connectivity index (χ2n) is 8.51. The molecule has 0 aliphatic carbocycles. The van der Waals surface area contributed by atoms with Crippen molar-refractivity contribution in [2.45, 2.75) is 37.6 Å². The lowest BCUT2D eigenvalue weighted by Crippen LogP contribution is -2.31. The number of hydrogen-bond acceptors (Lipinski definition) is 7. The van der Waals surface area contributed by atoms with E-state index in [0.717, 1.165) is 21.8 Å². The fourth-order valence-electron chi connectivity index (χ4n) is 3.98. The molecule has 7 nitrogen and oxygen atoms in total. The SMILES string of the molecule is C=CCOc1ccccc1CN1CCc2c(sc(S(=O)(=O)N(C)CC(C)C)c2C(=O)OC)C1. The maximum absolute atomic E-state index is 13.3. The Morgan fingerprint density at radius 3 is 2.73 bits per heavy atom. The molecule has 0 amide bonds. The van der Waals surface area contributed by atoms with Gasteiger partial charge in [0.15, 0.2) is 0 Å². The summed E-state index contributed by atoms with van der Waals surface area (Å²) in [6, 6.07) is 7.87. The van der Waals surface area contributed by atoms with Gasteiger partial charge in [0.05, 0.1) is 12.7 Å². The quantitative estimate of drug-likeness (QED) is 0.369. The number of nitrogens with zero attached hydrogens (tertiary/aromatic N) is 2. The van der Waals surface area contributed by atoms with E-state index in [1.165, 1.54) is 22.8 Å². The van der Waals surface area contributed by atoms with Crippen LogP contribution in [0.15, 0.2) is 41.1 Å². The van der Waals surface area contributed by atoms with Gasteiger partial charge in [0.25, 0.3) is 10.0 Å². The molecule has 0 fully saturated rings. The van der Waals surface area contributed by atoms with Crippen LogP contribution in [0, 0.1) is 5.92 Å². The summed E-state index contributed by atoms with van der Waals surface area (Å²) in [6.07, 6.45) is 2.29. The Labute approximate surface area is 200 Å². The lowest BCUT2D eigenvalue weighted by Gasteiger charge is -2.27. The van der Waals surface area contributed by atoms with Crippen molar-refractivity contribution in [1.29, 1.82) is 0 Å². The van der Waals surface area contributed by atoms with Crippen LogP contribution < -0.4 is 4.74 Å². The molecule has 0 unspecified atom stereocenters. The van der Waals surface area contributed by atoms with Gasteiger partial charge in [0.2, 0.25) is 0 Å². The number of sulfonamides is 1. The summed E-state index contributed by atoms with van der Waals surface area (Å²) in [5, 5.41) is 0. The van der Waals surface area contributed by atoms with E-state index in [1.54, 1.807) is 13.1 Å². The number of para-hydroxylation sites is 1. The zero-order chi connectivity index (χ0) is 24.2. The van der Waals surface area contributed by atoms with Gasteiger partial charge >= 0.3 is 5.97 Å². The third-order valence-electron chi connectivity index (χ3n) is 5.48. The molecule has 2 heterocycles. The zero-order valence-electron chi connectivity index (χ0n) is 19.7. The minimum absolute atomic E-state index is 0.0825. The first-order valence-corrected chi connectivity index (χ1v) is 13.2. The van der Waals surface area contributed by atoms with Gasteiger partial charge in [-0.2, -0.15) is 4.31 Å². The standard InChI is InChI=1S/C24H32N2O5S2/c1-6-13-31-20-10-8-7-9-18(20)15-26-12-11-19-21(16-26)32-24(22(19)23(27)30-5)33(28,29)25(4)14-17(2)3/h6-10,17H,1,11-16H2,2-5H3. The first-order valence-electron chi connectivity index (χ1n) is 10.9. The van der Waals surface area contributed by atoms with Gasteiger partial charge in [-0.25, -0.2) is 13.2 Å². The fourth-order valence-corrected chi connectivity index (χ4v) is 7.43. The number of methoxy groups -OCH3 is 1. The molecule has 1 aromatic carbocycles. The molecule has 0 N–H and O–H groups in total. The number of thiophene rings is 1. The van der Waals surface area contributed by atoms with E-state index < -0.39 is 16.0 Å². The number of carbonyl (C=O) groups is 1. The van der Waals surface area contributed by atoms with E-state index in [4.69, 9.17) is 9.47 Å². The van der Waals surface area contributed by atoms with Crippen molar-refractivity contribution >= 4 is 27.3 Å². The summed E-state index contributed by atoms with van der Waals surface area (Å²) in [5.74, 6) is 0.378. The summed E-state index contributed by atoms with van der Waals surface area (Å²) >= 11 is 1.18. The number of hydrogen-bond donors (Lipinski definition) is 0. The predicted molar refractivity (Wildman–Crippen MR) is 130 cm³/mol. The van der Waals surface area contributed by atoms with Crippen molar-refractivity contribution in [3.8, 4) is 5.75 Å². The first kappa shape index (κ1) is 25.4. The van der Waals surface area contributed by atoms with E-state index in [-0.39, 0.29) is 15.7 Å². The normalized spacial score (nSPS) is 14.4. The summed E-state index contributed by atoms with van der Waals surface area (Å²) in [4.78, 5) is 15.8. The molecule has 9 heteroatoms. The average molecular weight is 493 g/mol. The Morgan fingerprint density at radius 1 is 1.33 bits per heavy atom. The topological polar surface area (TPSA) is 76.2 Å². The largest absolute Gasteiger partial charge is 0.489 e. The van der Waals surface area contributed by atoms with Crippen molar-refractivity contribution in [3.05, 3.63) is 58.5 Å². The smallest absolute Gasteiger partial charge is 0.340 e. The maximum atomic E-state index is 13.3. The number of fused-ring (bicyclic) bond motifs is 1. The van der Waals surface area contributed by atoms with Gasteiger partial charge in [-0.05, 0) is 24.0 Å². The van der Waals surface area contributed by atoms with E-state index in [1.807, 2.05) is 38.1 Å². The lowest BCUT2D eigenvalue weighted by atomic mass is 10.0. The molecule has 2 aromatic rings. The first-order chi connectivity index (χ1) is 15.7. The number of benzene rings is 1. The van der Waals surface area contributed by atoms with Crippen LogP contribution in [-0.2, 0) is 34.3 Å². The van der Waals surface area contributed by atoms with Crippen LogP contribution in [0.3, 0.4) is 0 Å². The van der Waals surface area contributed by atoms with Crippen molar-refractivity contribution in [3.63, 3.8) is 0 Å². The van der Waals surface area contributed by atoms with Crippen molar-refractivity contribution in [2.75, 3.05) is 33.9 Å². The average Bonchev–Trinajstić information content (AvgIpc) is 3.17. The number of ether oxygens (including phenoxy) is 2. The molecular formula is C24H32N2O5S2. The maximum Gasteiger partial charge on any atom is 0.340 e. The van der Waals surface area contributed by atoms with E-state index in [9.17, 15) is 13.2 Å². The van der Waals surface area contributed by atoms with Crippen molar-refractivity contribution in [2.24, 2.45) is 5.92 Å². The highest BCUT2D eigenvalue weighted by molar-refractivity contribution is 7.91. The molecule has 0 radical (unpaired) electrons. The Hall–Kier alpha value is -2.20. The van der Waals surface area contributed by atoms with Crippen LogP contribution in [0.4, 0.5) is 0 Å². The van der Waals surface area contributed by atoms with Gasteiger partial charge in [0, 0.05) is 43.7 Å². The Bertz CT molecular complexity index is 1110. The van der Waals surface area contributed by atoms with E-state index in [0.29, 0.717) is 39.2 Å². The Morgan fingerprint density at radius 2 is 2.06 bits per heavy atom. The highest BCUT2D eigenvalue weighted by atomic mass is 32.2. The van der Waals surface area contributed by atoms with E-state index >= 15 is 0 Å². The zero-order valence-corrected chi connectivity index (χ0v) is 21.3. The van der Waals surface area contributed by atoms with Crippen LogP contribution in [0.25, 0.3) is 0 Å². The molecule has 0 saturated carbocycles. The second-order valence-corrected chi connectivity index (χ2v) is 11.9. The molecule has 1 aliphatic heterocycles. The minimum Gasteiger partial charge on any atom is -0.489 e. The molecule has 1 aromatic heterocycles. The summed E-state index contributed by atoms with van der Waals surface area (Å²) < 4.78 is 38.8. The molecule has 3 rings (SSSR count). The monoisotopic (exact) mass is 492 g/mol. The molecule has 33 heavy (non-hydrogen) atoms. The summed E-state index contributed by atoms with van der Waals surface area (Å²) in [5.41, 5.74) is 2.04. The van der Waals surface area contributed by atoms with E-state index in [2.05, 4.69) is 11.5 Å². The molecule has 0 atom stereocenters. The van der Waals surface area contributed by atoms with Gasteiger partial charge in [-0.15, -0.1) is 11.3 Å². The lowest BCUT2D eigenvalue weighted by molar-refractivity contribution is 0.0595. The van der Waals surface area contributed by atoms with Crippen LogP contribution >= 0.6 is 11.3 Å². The summed E-state index contributed by atoms with van der Waals surface area (Å²) in [7, 11) is -0.959. The van der Waals surface area contributed by atoms with Crippen molar-refractivity contribution < 1.29 is 22.7 Å². The number of rotatable bonds is 10. The third-order valence-corrected chi connectivity index (χ3v) is 9.02. The molecular weight excluding hydrogens is 460 g/mol. The van der Waals surface area contributed by atoms with Crippen LogP contribution in [0.2, 0.25) is 0 Å². The second kappa shape index (κ2) is 10.8. The Balaban J connectivity index is 1.91. The van der Waals surface area contributed by atoms with Crippen molar-refractivity contribution in [1.82, 2.24) is 9.21 Å². The number of esters is 1. The minimum atomic E-state index is -3.80. The Kier molecular flexibility index (Phi) is 8.33. The highest BCUT2D eigenvalue weighted by Crippen LogP contribution is 2.38. The third kappa shape index (κ3) is 5.66. The van der Waals surface area contributed by atoms with Gasteiger partial charge < -0.3 is 9.47 Å².